The van der Waals surface area contributed by atoms with E-state index in [4.69, 9.17) is 4.52 Å². The van der Waals surface area contributed by atoms with Crippen molar-refractivity contribution in [1.82, 2.24) is 5.16 Å². The van der Waals surface area contributed by atoms with Crippen LogP contribution >= 0.6 is 11.8 Å². The Kier molecular flexibility index (Phi) is 4.66. The number of hydrogen-bond donors (Lipinski definition) is 2. The van der Waals surface area contributed by atoms with Gasteiger partial charge < -0.3 is 15.2 Å². The molecule has 1 aromatic carbocycles. The second kappa shape index (κ2) is 6.87. The quantitative estimate of drug-likeness (QED) is 0.795. The number of rotatable bonds is 6. The molecule has 3 rings (SSSR count). The summed E-state index contributed by atoms with van der Waals surface area (Å²) in [5, 5.41) is 9.28. The highest BCUT2D eigenvalue weighted by atomic mass is 32.2. The Bertz CT molecular complexity index is 725. The number of amides is 2. The van der Waals surface area contributed by atoms with Gasteiger partial charge >= 0.3 is 0 Å². The minimum Gasteiger partial charge on any atom is -0.360 e. The monoisotopic (exact) mass is 331 g/mol. The molecule has 1 aliphatic carbocycles. The lowest BCUT2D eigenvalue weighted by Crippen LogP contribution is -2.14. The summed E-state index contributed by atoms with van der Waals surface area (Å²) in [6.07, 6.45) is 1.95. The number of anilines is 2. The van der Waals surface area contributed by atoms with Gasteiger partial charge in [-0.1, -0.05) is 11.2 Å². The first-order valence-electron chi connectivity index (χ1n) is 7.37. The van der Waals surface area contributed by atoms with Gasteiger partial charge in [-0.05, 0) is 38.0 Å². The molecule has 2 aromatic rings. The molecule has 1 heterocycles. The van der Waals surface area contributed by atoms with Crippen LogP contribution in [0.5, 0.6) is 0 Å². The van der Waals surface area contributed by atoms with Gasteiger partial charge in [-0.25, -0.2) is 0 Å². The number of hydrogen-bond acceptors (Lipinski definition) is 5. The maximum absolute atomic E-state index is 11.9. The number of aromatic nitrogens is 1. The fourth-order valence-electron chi connectivity index (χ4n) is 2.01. The maximum atomic E-state index is 11.9. The molecule has 1 aromatic heterocycles. The van der Waals surface area contributed by atoms with Crippen LogP contribution in [0.4, 0.5) is 11.5 Å². The van der Waals surface area contributed by atoms with Crippen molar-refractivity contribution >= 4 is 35.1 Å². The summed E-state index contributed by atoms with van der Waals surface area (Å²) in [5.74, 6) is 1.40. The summed E-state index contributed by atoms with van der Waals surface area (Å²) in [6.45, 7) is 1.76. The average Bonchev–Trinajstić information content (AvgIpc) is 3.30. The molecule has 0 radical (unpaired) electrons. The molecule has 7 heteroatoms. The van der Waals surface area contributed by atoms with E-state index in [-0.39, 0.29) is 23.5 Å². The van der Waals surface area contributed by atoms with E-state index in [0.717, 1.165) is 23.4 Å². The molecule has 0 spiro atoms. The van der Waals surface area contributed by atoms with Gasteiger partial charge in [0.15, 0.2) is 5.82 Å². The Labute approximate surface area is 138 Å². The number of aryl methyl sites for hydroxylation is 1. The molecule has 0 bridgehead atoms. The first kappa shape index (κ1) is 15.6. The Balaban J connectivity index is 1.51. The van der Waals surface area contributed by atoms with Crippen LogP contribution in [0.3, 0.4) is 0 Å². The topological polar surface area (TPSA) is 84.2 Å². The Morgan fingerprint density at radius 3 is 2.83 bits per heavy atom. The molecule has 6 nitrogen and oxygen atoms in total. The van der Waals surface area contributed by atoms with Crippen molar-refractivity contribution in [2.45, 2.75) is 24.7 Å². The van der Waals surface area contributed by atoms with Crippen molar-refractivity contribution in [2.24, 2.45) is 5.92 Å². The van der Waals surface area contributed by atoms with Crippen LogP contribution in [-0.2, 0) is 9.59 Å². The van der Waals surface area contributed by atoms with Gasteiger partial charge in [0, 0.05) is 22.6 Å². The Morgan fingerprint density at radius 2 is 2.13 bits per heavy atom. The number of carbonyl (C=O) groups excluding carboxylic acids is 2. The van der Waals surface area contributed by atoms with Crippen molar-refractivity contribution in [3.63, 3.8) is 0 Å². The summed E-state index contributed by atoms with van der Waals surface area (Å²) in [5.41, 5.74) is 0.763. The predicted molar refractivity (Wildman–Crippen MR) is 88.4 cm³/mol. The average molecular weight is 331 g/mol. The van der Waals surface area contributed by atoms with Crippen LogP contribution in [0.25, 0.3) is 0 Å². The van der Waals surface area contributed by atoms with Gasteiger partial charge in [0.05, 0.1) is 5.75 Å². The minimum absolute atomic E-state index is 0.0753. The normalized spacial score (nSPS) is 13.6. The van der Waals surface area contributed by atoms with Crippen LogP contribution < -0.4 is 10.6 Å². The molecular formula is C16H17N3O3S. The molecule has 1 saturated carbocycles. The van der Waals surface area contributed by atoms with E-state index in [1.54, 1.807) is 13.0 Å². The highest BCUT2D eigenvalue weighted by Gasteiger charge is 2.29. The molecule has 0 saturated heterocycles. The van der Waals surface area contributed by atoms with Gasteiger partial charge in [0.2, 0.25) is 11.8 Å². The molecule has 0 unspecified atom stereocenters. The minimum atomic E-state index is -0.157. The largest absolute Gasteiger partial charge is 0.360 e. The molecule has 1 aliphatic rings. The second-order valence-corrected chi connectivity index (χ2v) is 6.50. The zero-order valence-corrected chi connectivity index (χ0v) is 13.5. The standard InChI is InChI=1S/C16H17N3O3S/c1-10-7-14(19-22-10)18-15(20)9-23-13-4-2-3-12(8-13)17-16(21)11-5-6-11/h2-4,7-8,11H,5-6,9H2,1H3,(H,17,21)(H,18,19,20). The van der Waals surface area contributed by atoms with E-state index in [9.17, 15) is 9.59 Å². The van der Waals surface area contributed by atoms with Gasteiger partial charge in [0.1, 0.15) is 5.76 Å². The number of benzene rings is 1. The third kappa shape index (κ3) is 4.59. The molecule has 0 atom stereocenters. The summed E-state index contributed by atoms with van der Waals surface area (Å²) in [7, 11) is 0. The molecule has 2 amide bonds. The van der Waals surface area contributed by atoms with Crippen LogP contribution in [0.15, 0.2) is 39.8 Å². The Morgan fingerprint density at radius 1 is 1.30 bits per heavy atom. The number of nitrogens with zero attached hydrogens (tertiary/aromatic N) is 1. The molecular weight excluding hydrogens is 314 g/mol. The van der Waals surface area contributed by atoms with Crippen molar-refractivity contribution in [3.8, 4) is 0 Å². The van der Waals surface area contributed by atoms with Gasteiger partial charge in [-0.15, -0.1) is 11.8 Å². The number of nitrogens with one attached hydrogen (secondary N) is 2. The van der Waals surface area contributed by atoms with Crippen LogP contribution in [0.1, 0.15) is 18.6 Å². The van der Waals surface area contributed by atoms with Crippen LogP contribution in [0, 0.1) is 12.8 Å². The SMILES string of the molecule is Cc1cc(NC(=O)CSc2cccc(NC(=O)C3CC3)c2)no1. The second-order valence-electron chi connectivity index (χ2n) is 5.45. The van der Waals surface area contributed by atoms with Gasteiger partial charge in [0.25, 0.3) is 0 Å². The van der Waals surface area contributed by atoms with E-state index < -0.39 is 0 Å². The van der Waals surface area contributed by atoms with Crippen molar-refractivity contribution in [1.29, 1.82) is 0 Å². The number of carbonyl (C=O) groups is 2. The fraction of sp³-hybridized carbons (Fsp3) is 0.312. The first-order chi connectivity index (χ1) is 11.1. The van der Waals surface area contributed by atoms with E-state index >= 15 is 0 Å². The van der Waals surface area contributed by atoms with E-state index in [0.29, 0.717) is 11.6 Å². The lowest BCUT2D eigenvalue weighted by atomic mass is 10.3. The highest BCUT2D eigenvalue weighted by Crippen LogP contribution is 2.30. The lowest BCUT2D eigenvalue weighted by molar-refractivity contribution is -0.117. The summed E-state index contributed by atoms with van der Waals surface area (Å²) in [6, 6.07) is 9.16. The fourth-order valence-corrected chi connectivity index (χ4v) is 2.76. The summed E-state index contributed by atoms with van der Waals surface area (Å²) >= 11 is 1.40. The van der Waals surface area contributed by atoms with Crippen molar-refractivity contribution in [2.75, 3.05) is 16.4 Å². The lowest BCUT2D eigenvalue weighted by Gasteiger charge is -2.07. The zero-order valence-electron chi connectivity index (χ0n) is 12.7. The van der Waals surface area contributed by atoms with E-state index in [2.05, 4.69) is 15.8 Å². The van der Waals surface area contributed by atoms with Crippen LogP contribution in [-0.4, -0.2) is 22.7 Å². The zero-order chi connectivity index (χ0) is 16.2. The first-order valence-corrected chi connectivity index (χ1v) is 8.35. The number of thioether (sulfide) groups is 1. The molecule has 1 fully saturated rings. The highest BCUT2D eigenvalue weighted by molar-refractivity contribution is 8.00. The smallest absolute Gasteiger partial charge is 0.235 e. The predicted octanol–water partition coefficient (Wildman–Crippen LogP) is 3.06. The maximum Gasteiger partial charge on any atom is 0.235 e. The van der Waals surface area contributed by atoms with E-state index in [1.807, 2.05) is 24.3 Å². The van der Waals surface area contributed by atoms with Gasteiger partial charge in [-0.3, -0.25) is 9.59 Å². The Hall–Kier alpha value is -2.28. The van der Waals surface area contributed by atoms with Crippen LogP contribution in [0.2, 0.25) is 0 Å². The molecule has 120 valence electrons. The third-order valence-corrected chi connectivity index (χ3v) is 4.31. The van der Waals surface area contributed by atoms with E-state index in [1.165, 1.54) is 11.8 Å². The van der Waals surface area contributed by atoms with Gasteiger partial charge in [-0.2, -0.15) is 0 Å². The summed E-state index contributed by atoms with van der Waals surface area (Å²) < 4.78 is 4.89. The van der Waals surface area contributed by atoms with Crippen molar-refractivity contribution < 1.29 is 14.1 Å². The molecule has 2 N–H and O–H groups in total. The van der Waals surface area contributed by atoms with Crippen molar-refractivity contribution in [3.05, 3.63) is 36.1 Å². The summed E-state index contributed by atoms with van der Waals surface area (Å²) in [4.78, 5) is 24.6. The third-order valence-electron chi connectivity index (χ3n) is 3.32. The molecule has 23 heavy (non-hydrogen) atoms. The molecule has 0 aliphatic heterocycles.